The summed E-state index contributed by atoms with van der Waals surface area (Å²) in [4.78, 5) is 11.7. The van der Waals surface area contributed by atoms with Crippen molar-refractivity contribution >= 4 is 35.6 Å². The smallest absolute Gasteiger partial charge is 0.241 e. The minimum Gasteiger partial charge on any atom is -0.495 e. The Morgan fingerprint density at radius 3 is 2.50 bits per heavy atom. The summed E-state index contributed by atoms with van der Waals surface area (Å²) in [6.07, 6.45) is 0. The Balaban J connectivity index is 0.00000289. The quantitative estimate of drug-likeness (QED) is 0.897. The largest absolute Gasteiger partial charge is 0.495 e. The van der Waals surface area contributed by atoms with Gasteiger partial charge < -0.3 is 15.8 Å². The first kappa shape index (κ1) is 17.0. The van der Waals surface area contributed by atoms with Crippen LogP contribution in [0, 0.1) is 5.92 Å². The molecule has 0 aromatic heterocycles. The summed E-state index contributed by atoms with van der Waals surface area (Å²) in [5.74, 6) is 0.433. The highest BCUT2D eigenvalue weighted by atomic mass is 35.5. The number of rotatable bonds is 4. The number of carbonyl (C=O) groups excluding carboxylic acids is 1. The van der Waals surface area contributed by atoms with E-state index in [1.807, 2.05) is 13.8 Å². The summed E-state index contributed by atoms with van der Waals surface area (Å²) < 4.78 is 5.02. The van der Waals surface area contributed by atoms with Gasteiger partial charge in [0.15, 0.2) is 0 Å². The number of hydrogen-bond acceptors (Lipinski definition) is 3. The molecule has 18 heavy (non-hydrogen) atoms. The van der Waals surface area contributed by atoms with E-state index in [9.17, 15) is 4.79 Å². The molecule has 0 heterocycles. The average molecular weight is 293 g/mol. The number of anilines is 1. The lowest BCUT2D eigenvalue weighted by Crippen LogP contribution is -2.39. The predicted octanol–water partition coefficient (Wildman–Crippen LogP) is 2.69. The summed E-state index contributed by atoms with van der Waals surface area (Å²) in [5, 5.41) is 3.16. The van der Waals surface area contributed by atoms with Crippen molar-refractivity contribution in [3.05, 3.63) is 23.2 Å². The van der Waals surface area contributed by atoms with Gasteiger partial charge in [0.05, 0.1) is 18.2 Å². The Morgan fingerprint density at radius 2 is 2.06 bits per heavy atom. The number of benzene rings is 1. The molecule has 0 radical (unpaired) electrons. The zero-order valence-corrected chi connectivity index (χ0v) is 12.1. The van der Waals surface area contributed by atoms with Crippen LogP contribution >= 0.6 is 24.0 Å². The first-order valence-corrected chi connectivity index (χ1v) is 5.73. The van der Waals surface area contributed by atoms with E-state index in [1.54, 1.807) is 18.2 Å². The minimum absolute atomic E-state index is 0. The second kappa shape index (κ2) is 7.46. The van der Waals surface area contributed by atoms with Crippen LogP contribution in [0.4, 0.5) is 5.69 Å². The third kappa shape index (κ3) is 4.37. The Labute approximate surface area is 118 Å². The summed E-state index contributed by atoms with van der Waals surface area (Å²) in [6.45, 7) is 3.79. The first-order valence-electron chi connectivity index (χ1n) is 5.35. The molecule has 1 rings (SSSR count). The molecular weight excluding hydrogens is 275 g/mol. The van der Waals surface area contributed by atoms with Gasteiger partial charge in [-0.2, -0.15) is 0 Å². The maximum absolute atomic E-state index is 11.7. The molecule has 1 aromatic carbocycles. The number of nitrogens with two attached hydrogens (primary N) is 1. The molecule has 0 fully saturated rings. The van der Waals surface area contributed by atoms with Gasteiger partial charge in [0.25, 0.3) is 0 Å². The average Bonchev–Trinajstić information content (AvgIpc) is 2.28. The third-order valence-corrected chi connectivity index (χ3v) is 2.74. The SMILES string of the molecule is COc1ccc(NC(=O)[C@H](N)C(C)C)cc1Cl.Cl. The predicted molar refractivity (Wildman–Crippen MR) is 76.7 cm³/mol. The molecule has 0 aliphatic rings. The van der Waals surface area contributed by atoms with Gasteiger partial charge in [-0.05, 0) is 24.1 Å². The maximum Gasteiger partial charge on any atom is 0.241 e. The molecular formula is C12H18Cl2N2O2. The van der Waals surface area contributed by atoms with Crippen molar-refractivity contribution in [3.63, 3.8) is 0 Å². The minimum atomic E-state index is -0.532. The molecule has 102 valence electrons. The van der Waals surface area contributed by atoms with Crippen molar-refractivity contribution in [2.45, 2.75) is 19.9 Å². The van der Waals surface area contributed by atoms with Gasteiger partial charge in [0, 0.05) is 5.69 Å². The molecule has 0 saturated carbocycles. The number of halogens is 2. The van der Waals surface area contributed by atoms with Crippen molar-refractivity contribution in [2.75, 3.05) is 12.4 Å². The highest BCUT2D eigenvalue weighted by molar-refractivity contribution is 6.32. The second-order valence-corrected chi connectivity index (χ2v) is 4.52. The number of amides is 1. The zero-order valence-electron chi connectivity index (χ0n) is 10.6. The van der Waals surface area contributed by atoms with Crippen LogP contribution in [0.1, 0.15) is 13.8 Å². The van der Waals surface area contributed by atoms with Crippen molar-refractivity contribution in [3.8, 4) is 5.75 Å². The van der Waals surface area contributed by atoms with E-state index in [0.717, 1.165) is 0 Å². The van der Waals surface area contributed by atoms with Gasteiger partial charge in [-0.25, -0.2) is 0 Å². The second-order valence-electron chi connectivity index (χ2n) is 4.11. The van der Waals surface area contributed by atoms with E-state index >= 15 is 0 Å². The molecule has 0 bridgehead atoms. The van der Waals surface area contributed by atoms with Crippen LogP contribution in [0.15, 0.2) is 18.2 Å². The first-order chi connectivity index (χ1) is 7.95. The molecule has 3 N–H and O–H groups in total. The van der Waals surface area contributed by atoms with Crippen LogP contribution in [-0.4, -0.2) is 19.1 Å². The van der Waals surface area contributed by atoms with E-state index < -0.39 is 6.04 Å². The van der Waals surface area contributed by atoms with Gasteiger partial charge in [-0.15, -0.1) is 12.4 Å². The summed E-state index contributed by atoms with van der Waals surface area (Å²) in [7, 11) is 1.54. The Bertz CT molecular complexity index is 411. The lowest BCUT2D eigenvalue weighted by atomic mass is 10.0. The molecule has 1 aromatic rings. The summed E-state index contributed by atoms with van der Waals surface area (Å²) in [5.41, 5.74) is 6.34. The number of hydrogen-bond donors (Lipinski definition) is 2. The number of nitrogens with one attached hydrogen (secondary N) is 1. The zero-order chi connectivity index (χ0) is 13.0. The Morgan fingerprint density at radius 1 is 1.44 bits per heavy atom. The summed E-state index contributed by atoms with van der Waals surface area (Å²) in [6, 6.07) is 4.51. The van der Waals surface area contributed by atoms with E-state index in [4.69, 9.17) is 22.1 Å². The van der Waals surface area contributed by atoms with Crippen LogP contribution in [0.25, 0.3) is 0 Å². The number of carbonyl (C=O) groups is 1. The van der Waals surface area contributed by atoms with Crippen molar-refractivity contribution in [1.82, 2.24) is 0 Å². The van der Waals surface area contributed by atoms with Crippen LogP contribution in [0.3, 0.4) is 0 Å². The van der Waals surface area contributed by atoms with Gasteiger partial charge in [-0.1, -0.05) is 25.4 Å². The fourth-order valence-electron chi connectivity index (χ4n) is 1.27. The fourth-order valence-corrected chi connectivity index (χ4v) is 1.53. The Hall–Kier alpha value is -0.970. The van der Waals surface area contributed by atoms with Crippen LogP contribution in [-0.2, 0) is 4.79 Å². The molecule has 4 nitrogen and oxygen atoms in total. The highest BCUT2D eigenvalue weighted by Crippen LogP contribution is 2.27. The van der Waals surface area contributed by atoms with Crippen LogP contribution in [0.2, 0.25) is 5.02 Å². The molecule has 0 aliphatic carbocycles. The monoisotopic (exact) mass is 292 g/mol. The fraction of sp³-hybridized carbons (Fsp3) is 0.417. The lowest BCUT2D eigenvalue weighted by molar-refractivity contribution is -0.118. The van der Waals surface area contributed by atoms with Gasteiger partial charge in [0.2, 0.25) is 5.91 Å². The van der Waals surface area contributed by atoms with Gasteiger partial charge >= 0.3 is 0 Å². The molecule has 6 heteroatoms. The van der Waals surface area contributed by atoms with Crippen molar-refractivity contribution in [1.29, 1.82) is 0 Å². The molecule has 1 amide bonds. The van der Waals surface area contributed by atoms with Crippen molar-refractivity contribution < 1.29 is 9.53 Å². The molecule has 1 atom stereocenters. The van der Waals surface area contributed by atoms with E-state index in [-0.39, 0.29) is 24.2 Å². The third-order valence-electron chi connectivity index (χ3n) is 2.44. The lowest BCUT2D eigenvalue weighted by Gasteiger charge is -2.15. The van der Waals surface area contributed by atoms with E-state index in [2.05, 4.69) is 5.32 Å². The van der Waals surface area contributed by atoms with E-state index in [1.165, 1.54) is 7.11 Å². The highest BCUT2D eigenvalue weighted by Gasteiger charge is 2.17. The number of methoxy groups -OCH3 is 1. The Kier molecular flexibility index (Phi) is 7.06. The summed E-state index contributed by atoms with van der Waals surface area (Å²) >= 11 is 5.95. The maximum atomic E-state index is 11.7. The van der Waals surface area contributed by atoms with Crippen molar-refractivity contribution in [2.24, 2.45) is 11.7 Å². The standard InChI is InChI=1S/C12H17ClN2O2.ClH/c1-7(2)11(14)12(16)15-8-4-5-10(17-3)9(13)6-8;/h4-7,11H,14H2,1-3H3,(H,15,16);1H/t11-;/m1./s1. The van der Waals surface area contributed by atoms with Gasteiger partial charge in [-0.3, -0.25) is 4.79 Å². The van der Waals surface area contributed by atoms with Crippen LogP contribution < -0.4 is 15.8 Å². The molecule has 0 spiro atoms. The molecule has 0 saturated heterocycles. The normalized spacial score (nSPS) is 11.7. The molecule has 0 unspecified atom stereocenters. The molecule has 0 aliphatic heterocycles. The van der Waals surface area contributed by atoms with Crippen LogP contribution in [0.5, 0.6) is 5.75 Å². The topological polar surface area (TPSA) is 64.3 Å². The number of ether oxygens (including phenoxy) is 1. The van der Waals surface area contributed by atoms with E-state index in [0.29, 0.717) is 16.5 Å². The van der Waals surface area contributed by atoms with Gasteiger partial charge in [0.1, 0.15) is 5.75 Å².